The number of nitrogens with two attached hydrogens (primary N) is 1. The summed E-state index contributed by atoms with van der Waals surface area (Å²) in [6.45, 7) is 4.85. The number of anilines is 1. The maximum Gasteiger partial charge on any atom is 0.153 e. The van der Waals surface area contributed by atoms with Gasteiger partial charge in [-0.2, -0.15) is 10.2 Å². The second-order valence-corrected chi connectivity index (χ2v) is 4.94. The van der Waals surface area contributed by atoms with Gasteiger partial charge < -0.3 is 5.73 Å². The molecule has 0 unspecified atom stereocenters. The number of nitrogens with zero attached hydrogens (tertiary/aromatic N) is 4. The third-order valence-electron chi connectivity index (χ3n) is 3.19. The lowest BCUT2D eigenvalue weighted by Crippen LogP contribution is -2.06. The van der Waals surface area contributed by atoms with Crippen molar-refractivity contribution in [1.29, 1.82) is 0 Å². The van der Waals surface area contributed by atoms with E-state index in [0.717, 1.165) is 16.6 Å². The first-order valence-electron chi connectivity index (χ1n) is 6.40. The number of hydrogen-bond acceptors (Lipinski definition) is 3. The van der Waals surface area contributed by atoms with Crippen LogP contribution in [0.4, 0.5) is 5.82 Å². The topological polar surface area (TPSA) is 61.7 Å². The van der Waals surface area contributed by atoms with Gasteiger partial charge in [-0.05, 0) is 32.0 Å². The van der Waals surface area contributed by atoms with E-state index in [9.17, 15) is 0 Å². The zero-order chi connectivity index (χ0) is 13.4. The number of hydrogen-bond donors (Lipinski definition) is 1. The molecule has 0 aliphatic heterocycles. The fourth-order valence-electron chi connectivity index (χ4n) is 2.18. The molecule has 0 spiro atoms. The maximum atomic E-state index is 5.93. The molecule has 0 atom stereocenters. The van der Waals surface area contributed by atoms with Crippen LogP contribution in [-0.4, -0.2) is 19.6 Å². The fourth-order valence-corrected chi connectivity index (χ4v) is 2.18. The van der Waals surface area contributed by atoms with Crippen LogP contribution in [0.15, 0.2) is 36.5 Å². The Hall–Kier alpha value is -2.30. The molecule has 98 valence electrons. The zero-order valence-corrected chi connectivity index (χ0v) is 11.1. The van der Waals surface area contributed by atoms with Crippen molar-refractivity contribution in [3.05, 3.63) is 42.2 Å². The molecule has 2 N–H and O–H groups in total. The molecular weight excluding hydrogens is 238 g/mol. The molecule has 5 nitrogen and oxygen atoms in total. The van der Waals surface area contributed by atoms with Crippen molar-refractivity contribution in [2.45, 2.75) is 26.4 Å². The Morgan fingerprint density at radius 2 is 1.95 bits per heavy atom. The first-order chi connectivity index (χ1) is 9.15. The highest BCUT2D eigenvalue weighted by Gasteiger charge is 2.09. The lowest BCUT2D eigenvalue weighted by molar-refractivity contribution is 0.522. The smallest absolute Gasteiger partial charge is 0.153 e. The van der Waals surface area contributed by atoms with Gasteiger partial charge in [0.25, 0.3) is 0 Å². The number of fused-ring (bicyclic) bond motifs is 1. The van der Waals surface area contributed by atoms with Crippen LogP contribution < -0.4 is 5.73 Å². The molecule has 0 aliphatic rings. The van der Waals surface area contributed by atoms with Crippen LogP contribution in [-0.2, 0) is 6.54 Å². The van der Waals surface area contributed by atoms with Crippen LogP contribution in [0.3, 0.4) is 0 Å². The molecule has 0 saturated heterocycles. The number of benzene rings is 1. The summed E-state index contributed by atoms with van der Waals surface area (Å²) in [7, 11) is 0. The van der Waals surface area contributed by atoms with Crippen LogP contribution in [0, 0.1) is 0 Å². The molecule has 0 saturated carbocycles. The number of aromatic nitrogens is 4. The molecule has 2 aromatic heterocycles. The monoisotopic (exact) mass is 255 g/mol. The van der Waals surface area contributed by atoms with Crippen LogP contribution in [0.25, 0.3) is 10.9 Å². The Labute approximate surface area is 111 Å². The molecule has 0 aliphatic carbocycles. The average Bonchev–Trinajstić information content (AvgIpc) is 2.97. The van der Waals surface area contributed by atoms with E-state index in [1.807, 2.05) is 45.9 Å². The second-order valence-electron chi connectivity index (χ2n) is 4.94. The van der Waals surface area contributed by atoms with Crippen molar-refractivity contribution >= 4 is 16.7 Å². The van der Waals surface area contributed by atoms with E-state index in [0.29, 0.717) is 18.4 Å². The highest BCUT2D eigenvalue weighted by atomic mass is 15.3. The summed E-state index contributed by atoms with van der Waals surface area (Å²) in [6.07, 6.45) is 2.00. The van der Waals surface area contributed by atoms with Crippen molar-refractivity contribution in [1.82, 2.24) is 19.6 Å². The molecule has 3 aromatic rings. The lowest BCUT2D eigenvalue weighted by Gasteiger charge is -2.04. The molecule has 5 heteroatoms. The Morgan fingerprint density at radius 1 is 1.16 bits per heavy atom. The molecule has 0 radical (unpaired) electrons. The Bertz CT molecular complexity index is 708. The van der Waals surface area contributed by atoms with E-state index in [-0.39, 0.29) is 0 Å². The predicted octanol–water partition coefficient (Wildman–Crippen LogP) is 2.44. The average molecular weight is 255 g/mol. The summed E-state index contributed by atoms with van der Waals surface area (Å²) < 4.78 is 3.85. The number of nitrogen functional groups attached to an aromatic ring is 1. The van der Waals surface area contributed by atoms with Gasteiger partial charge in [0.2, 0.25) is 0 Å². The first-order valence-corrected chi connectivity index (χ1v) is 6.40. The van der Waals surface area contributed by atoms with Crippen molar-refractivity contribution in [3.8, 4) is 0 Å². The SMILES string of the molecule is CC(C)n1ccc(Cn2nc(N)c3ccccc32)n1. The summed E-state index contributed by atoms with van der Waals surface area (Å²) in [5.74, 6) is 0.568. The van der Waals surface area contributed by atoms with Gasteiger partial charge in [0.1, 0.15) is 0 Å². The summed E-state index contributed by atoms with van der Waals surface area (Å²) in [5, 5.41) is 9.91. The molecule has 19 heavy (non-hydrogen) atoms. The van der Waals surface area contributed by atoms with Crippen molar-refractivity contribution in [3.63, 3.8) is 0 Å². The maximum absolute atomic E-state index is 5.93. The van der Waals surface area contributed by atoms with Crippen molar-refractivity contribution < 1.29 is 0 Å². The van der Waals surface area contributed by atoms with E-state index >= 15 is 0 Å². The third kappa shape index (κ3) is 2.07. The van der Waals surface area contributed by atoms with E-state index < -0.39 is 0 Å². The zero-order valence-electron chi connectivity index (χ0n) is 11.1. The van der Waals surface area contributed by atoms with Gasteiger partial charge in [-0.25, -0.2) is 0 Å². The Balaban J connectivity index is 1.96. The van der Waals surface area contributed by atoms with Crippen LogP contribution in [0.5, 0.6) is 0 Å². The molecule has 0 bridgehead atoms. The van der Waals surface area contributed by atoms with E-state index in [2.05, 4.69) is 24.0 Å². The predicted molar refractivity (Wildman–Crippen MR) is 75.9 cm³/mol. The Morgan fingerprint density at radius 3 is 2.68 bits per heavy atom. The van der Waals surface area contributed by atoms with Gasteiger partial charge in [0.15, 0.2) is 5.82 Å². The molecule has 3 rings (SSSR count). The largest absolute Gasteiger partial charge is 0.382 e. The van der Waals surface area contributed by atoms with Gasteiger partial charge in [-0.15, -0.1) is 0 Å². The summed E-state index contributed by atoms with van der Waals surface area (Å²) >= 11 is 0. The molecule has 2 heterocycles. The molecule has 0 fully saturated rings. The van der Waals surface area contributed by atoms with Crippen LogP contribution in [0.2, 0.25) is 0 Å². The van der Waals surface area contributed by atoms with Gasteiger partial charge in [0.05, 0.1) is 17.8 Å². The minimum Gasteiger partial charge on any atom is -0.382 e. The summed E-state index contributed by atoms with van der Waals surface area (Å²) in [6, 6.07) is 10.4. The normalized spacial score (nSPS) is 11.5. The van der Waals surface area contributed by atoms with Crippen LogP contribution >= 0.6 is 0 Å². The van der Waals surface area contributed by atoms with E-state index in [1.54, 1.807) is 0 Å². The highest BCUT2D eigenvalue weighted by molar-refractivity contribution is 5.89. The molecule has 0 amide bonds. The standard InChI is InChI=1S/C14H17N5/c1-10(2)18-8-7-11(16-18)9-19-13-6-4-3-5-12(13)14(15)17-19/h3-8,10H,9H2,1-2H3,(H2,15,17). The summed E-state index contributed by atoms with van der Waals surface area (Å²) in [5.41, 5.74) is 7.96. The fraction of sp³-hybridized carbons (Fsp3) is 0.286. The van der Waals surface area contributed by atoms with Crippen LogP contribution in [0.1, 0.15) is 25.6 Å². The minimum atomic E-state index is 0.369. The number of rotatable bonds is 3. The van der Waals surface area contributed by atoms with Crippen molar-refractivity contribution in [2.75, 3.05) is 5.73 Å². The second kappa shape index (κ2) is 4.42. The molecule has 1 aromatic carbocycles. The number of para-hydroxylation sites is 1. The van der Waals surface area contributed by atoms with E-state index in [4.69, 9.17) is 5.73 Å². The van der Waals surface area contributed by atoms with Gasteiger partial charge in [-0.1, -0.05) is 12.1 Å². The third-order valence-corrected chi connectivity index (χ3v) is 3.19. The minimum absolute atomic E-state index is 0.369. The highest BCUT2D eigenvalue weighted by Crippen LogP contribution is 2.20. The van der Waals surface area contributed by atoms with E-state index in [1.165, 1.54) is 0 Å². The quantitative estimate of drug-likeness (QED) is 0.782. The van der Waals surface area contributed by atoms with Gasteiger partial charge >= 0.3 is 0 Å². The first kappa shape index (κ1) is 11.8. The summed E-state index contributed by atoms with van der Waals surface area (Å²) in [4.78, 5) is 0. The van der Waals surface area contributed by atoms with Gasteiger partial charge in [-0.3, -0.25) is 9.36 Å². The van der Waals surface area contributed by atoms with Crippen molar-refractivity contribution in [2.24, 2.45) is 0 Å². The Kier molecular flexibility index (Phi) is 2.74. The molecular formula is C14H17N5. The van der Waals surface area contributed by atoms with Gasteiger partial charge in [0, 0.05) is 17.6 Å². The lowest BCUT2D eigenvalue weighted by atomic mass is 10.2.